The molecule has 0 saturated carbocycles. The van der Waals surface area contributed by atoms with E-state index in [1.165, 1.54) is 6.21 Å². The summed E-state index contributed by atoms with van der Waals surface area (Å²) >= 11 is 0. The Kier molecular flexibility index (Phi) is 4.49. The van der Waals surface area contributed by atoms with E-state index < -0.39 is 0 Å². The molecule has 0 aromatic heterocycles. The van der Waals surface area contributed by atoms with Gasteiger partial charge in [-0.25, -0.2) is 15.6 Å². The van der Waals surface area contributed by atoms with Gasteiger partial charge in [0, 0.05) is 12.8 Å². The number of urea groups is 1. The molecule has 0 aliphatic carbocycles. The molecule has 10 heavy (non-hydrogen) atoms. The average molecular weight is 143 g/mol. The molecule has 0 saturated heterocycles. The molecule has 4 heteroatoms. The Morgan fingerprint density at radius 2 is 2.30 bits per heavy atom. The molecule has 0 heterocycles. The molecular formula is C6H13N3O. The number of hydrogen-bond donors (Lipinski definition) is 1. The Balaban J connectivity index is 3.72. The van der Waals surface area contributed by atoms with Crippen molar-refractivity contribution in [3.63, 3.8) is 0 Å². The van der Waals surface area contributed by atoms with Crippen molar-refractivity contribution in [1.29, 1.82) is 0 Å². The molecule has 2 N–H and O–H groups in total. The molecule has 0 spiro atoms. The van der Waals surface area contributed by atoms with Crippen molar-refractivity contribution in [2.24, 2.45) is 10.8 Å². The van der Waals surface area contributed by atoms with E-state index in [9.17, 15) is 4.79 Å². The number of nitrogens with two attached hydrogens (primary N) is 1. The lowest BCUT2D eigenvalue weighted by molar-refractivity contribution is 0.212. The third-order valence-electron chi connectivity index (χ3n) is 0.971. The first-order valence-corrected chi connectivity index (χ1v) is 3.31. The Morgan fingerprint density at radius 3 is 2.70 bits per heavy atom. The standard InChI is InChI=1S/C6H13N3O/c1-3-5-8-6(10)9(7)4-2/h5H,3-4,7H2,1-2H3. The molecule has 0 fully saturated rings. The molecule has 4 nitrogen and oxygen atoms in total. The summed E-state index contributed by atoms with van der Waals surface area (Å²) in [6, 6.07) is -0.385. The maximum Gasteiger partial charge on any atom is 0.357 e. The number of carbonyl (C=O) groups is 1. The largest absolute Gasteiger partial charge is 0.357 e. The van der Waals surface area contributed by atoms with Gasteiger partial charge in [0.15, 0.2) is 0 Å². The third kappa shape index (κ3) is 3.19. The van der Waals surface area contributed by atoms with E-state index in [-0.39, 0.29) is 6.03 Å². The van der Waals surface area contributed by atoms with E-state index in [1.807, 2.05) is 6.92 Å². The van der Waals surface area contributed by atoms with Crippen LogP contribution in [0.1, 0.15) is 20.3 Å². The Bertz CT molecular complexity index is 133. The van der Waals surface area contributed by atoms with Crippen LogP contribution in [-0.2, 0) is 0 Å². The van der Waals surface area contributed by atoms with E-state index >= 15 is 0 Å². The highest BCUT2D eigenvalue weighted by Gasteiger charge is 2.01. The monoisotopic (exact) mass is 143 g/mol. The molecule has 0 aliphatic heterocycles. The molecule has 0 aliphatic rings. The first-order chi connectivity index (χ1) is 4.72. The van der Waals surface area contributed by atoms with Gasteiger partial charge in [0.2, 0.25) is 0 Å². The molecule has 2 amide bonds. The molecular weight excluding hydrogens is 130 g/mol. The van der Waals surface area contributed by atoms with Crippen molar-refractivity contribution >= 4 is 12.2 Å². The van der Waals surface area contributed by atoms with Crippen LogP contribution in [-0.4, -0.2) is 23.8 Å². The fourth-order valence-corrected chi connectivity index (χ4v) is 0.379. The molecule has 0 atom stereocenters. The van der Waals surface area contributed by atoms with E-state index in [1.54, 1.807) is 6.92 Å². The molecule has 0 unspecified atom stereocenters. The fourth-order valence-electron chi connectivity index (χ4n) is 0.379. The second-order valence-electron chi connectivity index (χ2n) is 1.79. The Morgan fingerprint density at radius 1 is 1.70 bits per heavy atom. The zero-order chi connectivity index (χ0) is 7.98. The Labute approximate surface area is 60.7 Å². The zero-order valence-corrected chi connectivity index (χ0v) is 6.37. The summed E-state index contributed by atoms with van der Waals surface area (Å²) < 4.78 is 0. The summed E-state index contributed by atoms with van der Waals surface area (Å²) in [6.45, 7) is 4.18. The summed E-state index contributed by atoms with van der Waals surface area (Å²) in [7, 11) is 0. The van der Waals surface area contributed by atoms with Gasteiger partial charge in [-0.05, 0) is 13.3 Å². The lowest BCUT2D eigenvalue weighted by atomic mass is 10.5. The van der Waals surface area contributed by atoms with E-state index in [0.29, 0.717) is 6.54 Å². The van der Waals surface area contributed by atoms with Crippen LogP contribution in [0.3, 0.4) is 0 Å². The zero-order valence-electron chi connectivity index (χ0n) is 6.37. The van der Waals surface area contributed by atoms with Crippen molar-refractivity contribution in [2.75, 3.05) is 6.54 Å². The molecule has 58 valence electrons. The predicted octanol–water partition coefficient (Wildman–Crippen LogP) is 0.783. The second-order valence-corrected chi connectivity index (χ2v) is 1.79. The van der Waals surface area contributed by atoms with Crippen molar-refractivity contribution in [1.82, 2.24) is 5.01 Å². The highest BCUT2D eigenvalue weighted by molar-refractivity contribution is 5.82. The highest BCUT2D eigenvalue weighted by atomic mass is 16.2. The summed E-state index contributed by atoms with van der Waals surface area (Å²) in [4.78, 5) is 14.3. The number of aliphatic imine (C=N–C) groups is 1. The van der Waals surface area contributed by atoms with Crippen LogP contribution in [0.25, 0.3) is 0 Å². The number of amides is 2. The van der Waals surface area contributed by atoms with Crippen LogP contribution in [0.4, 0.5) is 4.79 Å². The molecule has 0 radical (unpaired) electrons. The molecule has 0 aromatic carbocycles. The van der Waals surface area contributed by atoms with Crippen LogP contribution < -0.4 is 5.84 Å². The van der Waals surface area contributed by atoms with Crippen LogP contribution in [0.5, 0.6) is 0 Å². The van der Waals surface area contributed by atoms with E-state index in [2.05, 4.69) is 4.99 Å². The van der Waals surface area contributed by atoms with E-state index in [0.717, 1.165) is 11.4 Å². The van der Waals surface area contributed by atoms with Crippen LogP contribution in [0, 0.1) is 0 Å². The maximum absolute atomic E-state index is 10.7. The van der Waals surface area contributed by atoms with Crippen molar-refractivity contribution in [3.8, 4) is 0 Å². The van der Waals surface area contributed by atoms with Crippen molar-refractivity contribution in [2.45, 2.75) is 20.3 Å². The normalized spacial score (nSPS) is 10.3. The van der Waals surface area contributed by atoms with Crippen LogP contribution in [0.15, 0.2) is 4.99 Å². The van der Waals surface area contributed by atoms with Gasteiger partial charge in [0.05, 0.1) is 0 Å². The fraction of sp³-hybridized carbons (Fsp3) is 0.667. The summed E-state index contributed by atoms with van der Waals surface area (Å²) in [5.74, 6) is 5.23. The minimum Gasteiger partial charge on any atom is -0.261 e. The summed E-state index contributed by atoms with van der Waals surface area (Å²) in [5, 5.41) is 1.06. The lowest BCUT2D eigenvalue weighted by Crippen LogP contribution is -2.34. The van der Waals surface area contributed by atoms with Gasteiger partial charge in [-0.3, -0.25) is 5.01 Å². The molecule has 0 rings (SSSR count). The topological polar surface area (TPSA) is 58.7 Å². The van der Waals surface area contributed by atoms with Gasteiger partial charge in [0.1, 0.15) is 0 Å². The number of hydrogen-bond acceptors (Lipinski definition) is 2. The number of carbonyl (C=O) groups excluding carboxylic acids is 1. The number of rotatable bonds is 2. The van der Waals surface area contributed by atoms with Gasteiger partial charge in [-0.2, -0.15) is 0 Å². The minimum absolute atomic E-state index is 0.385. The highest BCUT2D eigenvalue weighted by Crippen LogP contribution is 1.83. The first-order valence-electron chi connectivity index (χ1n) is 3.31. The van der Waals surface area contributed by atoms with Crippen molar-refractivity contribution < 1.29 is 4.79 Å². The van der Waals surface area contributed by atoms with Gasteiger partial charge < -0.3 is 0 Å². The molecule has 0 aromatic rings. The smallest absolute Gasteiger partial charge is 0.261 e. The quantitative estimate of drug-likeness (QED) is 0.269. The van der Waals surface area contributed by atoms with Gasteiger partial charge in [-0.15, -0.1) is 0 Å². The molecule has 0 bridgehead atoms. The van der Waals surface area contributed by atoms with E-state index in [4.69, 9.17) is 5.84 Å². The Hall–Kier alpha value is -0.900. The summed E-state index contributed by atoms with van der Waals surface area (Å²) in [6.07, 6.45) is 2.29. The predicted molar refractivity (Wildman–Crippen MR) is 40.7 cm³/mol. The van der Waals surface area contributed by atoms with Crippen molar-refractivity contribution in [3.05, 3.63) is 0 Å². The summed E-state index contributed by atoms with van der Waals surface area (Å²) in [5.41, 5.74) is 0. The van der Waals surface area contributed by atoms with Crippen LogP contribution >= 0.6 is 0 Å². The minimum atomic E-state index is -0.385. The number of hydrazine groups is 1. The lowest BCUT2D eigenvalue weighted by Gasteiger charge is -2.08. The second kappa shape index (κ2) is 4.93. The van der Waals surface area contributed by atoms with Crippen LogP contribution in [0.2, 0.25) is 0 Å². The van der Waals surface area contributed by atoms with Gasteiger partial charge in [-0.1, -0.05) is 6.92 Å². The first kappa shape index (κ1) is 9.10. The average Bonchev–Trinajstić information content (AvgIpc) is 1.98. The SMILES string of the molecule is CCC=NC(=O)N(N)CC. The third-order valence-corrected chi connectivity index (χ3v) is 0.971. The van der Waals surface area contributed by atoms with Gasteiger partial charge >= 0.3 is 6.03 Å². The van der Waals surface area contributed by atoms with Gasteiger partial charge in [0.25, 0.3) is 0 Å². The number of nitrogens with zero attached hydrogens (tertiary/aromatic N) is 2. The maximum atomic E-state index is 10.7.